The van der Waals surface area contributed by atoms with E-state index in [-0.39, 0.29) is 23.0 Å². The highest BCUT2D eigenvalue weighted by Crippen LogP contribution is 2.48. The van der Waals surface area contributed by atoms with Crippen LogP contribution in [0.3, 0.4) is 0 Å². The number of allylic oxidation sites excluding steroid dienone is 3. The third-order valence-electron chi connectivity index (χ3n) is 8.26. The van der Waals surface area contributed by atoms with Crippen LogP contribution in [0.2, 0.25) is 0 Å². The molecular formula is C31H35NO4. The fourth-order valence-corrected chi connectivity index (χ4v) is 6.95. The Bertz CT molecular complexity index is 1270. The maximum atomic E-state index is 13.8. The van der Waals surface area contributed by atoms with Gasteiger partial charge >= 0.3 is 5.97 Å². The van der Waals surface area contributed by atoms with Crippen LogP contribution in [0.25, 0.3) is 0 Å². The zero-order valence-corrected chi connectivity index (χ0v) is 21.4. The van der Waals surface area contributed by atoms with Crippen molar-refractivity contribution in [1.29, 1.82) is 0 Å². The summed E-state index contributed by atoms with van der Waals surface area (Å²) < 4.78 is 0. The smallest absolute Gasteiger partial charge is 0.334 e. The van der Waals surface area contributed by atoms with Crippen LogP contribution in [0.15, 0.2) is 58.9 Å². The van der Waals surface area contributed by atoms with Gasteiger partial charge < -0.3 is 15.5 Å². The van der Waals surface area contributed by atoms with Crippen molar-refractivity contribution < 1.29 is 19.8 Å². The molecule has 0 spiro atoms. The number of carbonyl (C=O) groups excluding carboxylic acids is 1. The van der Waals surface area contributed by atoms with Crippen molar-refractivity contribution in [1.82, 2.24) is 5.32 Å². The minimum Gasteiger partial charge on any atom is -0.508 e. The molecule has 5 heteroatoms. The summed E-state index contributed by atoms with van der Waals surface area (Å²) in [6, 6.07) is 11.1. The summed E-state index contributed by atoms with van der Waals surface area (Å²) in [7, 11) is 0. The fourth-order valence-electron chi connectivity index (χ4n) is 6.95. The molecular weight excluding hydrogens is 450 g/mol. The minimum absolute atomic E-state index is 0.0138. The molecule has 3 aliphatic rings. The molecule has 1 heterocycles. The van der Waals surface area contributed by atoms with Gasteiger partial charge in [-0.05, 0) is 79.8 Å². The van der Waals surface area contributed by atoms with Crippen molar-refractivity contribution in [3.05, 3.63) is 86.8 Å². The van der Waals surface area contributed by atoms with Crippen LogP contribution in [0.1, 0.15) is 84.6 Å². The summed E-state index contributed by atoms with van der Waals surface area (Å²) in [4.78, 5) is 26.5. The molecule has 1 saturated carbocycles. The number of phenols is 1. The van der Waals surface area contributed by atoms with Gasteiger partial charge in [0.15, 0.2) is 5.78 Å². The van der Waals surface area contributed by atoms with E-state index in [9.17, 15) is 19.8 Å². The van der Waals surface area contributed by atoms with E-state index in [0.29, 0.717) is 36.3 Å². The Hall–Kier alpha value is -3.34. The number of carbonyl (C=O) groups is 2. The number of aryl methyl sites for hydroxylation is 3. The van der Waals surface area contributed by atoms with Crippen LogP contribution in [0.5, 0.6) is 5.75 Å². The lowest BCUT2D eigenvalue weighted by Gasteiger charge is -2.38. The molecule has 2 unspecified atom stereocenters. The largest absolute Gasteiger partial charge is 0.508 e. The lowest BCUT2D eigenvalue weighted by molar-refractivity contribution is -0.133. The van der Waals surface area contributed by atoms with Gasteiger partial charge in [-0.15, -0.1) is 0 Å². The molecule has 0 bridgehead atoms. The van der Waals surface area contributed by atoms with Crippen LogP contribution in [-0.4, -0.2) is 22.0 Å². The third-order valence-corrected chi connectivity index (χ3v) is 8.26. The van der Waals surface area contributed by atoms with Gasteiger partial charge in [0, 0.05) is 29.3 Å². The zero-order valence-electron chi connectivity index (χ0n) is 21.4. The Morgan fingerprint density at radius 3 is 2.36 bits per heavy atom. The third kappa shape index (κ3) is 4.47. The normalized spacial score (nSPS) is 22.6. The second kappa shape index (κ2) is 9.61. The highest BCUT2D eigenvalue weighted by atomic mass is 16.4. The molecule has 2 aromatic rings. The average Bonchev–Trinajstić information content (AvgIpc) is 3.30. The van der Waals surface area contributed by atoms with E-state index < -0.39 is 11.9 Å². The molecule has 2 aliphatic carbocycles. The molecule has 36 heavy (non-hydrogen) atoms. The first-order valence-electron chi connectivity index (χ1n) is 13.1. The van der Waals surface area contributed by atoms with E-state index >= 15 is 0 Å². The Morgan fingerprint density at radius 2 is 1.72 bits per heavy atom. The number of hydrogen-bond acceptors (Lipinski definition) is 4. The second-order valence-electron chi connectivity index (χ2n) is 10.9. The number of aliphatic carboxylic acids is 1. The van der Waals surface area contributed by atoms with Crippen molar-refractivity contribution in [2.45, 2.75) is 77.6 Å². The molecule has 3 N–H and O–H groups in total. The molecule has 0 saturated heterocycles. The molecule has 2 aromatic carbocycles. The first-order chi connectivity index (χ1) is 17.2. The fraction of sp³-hybridized carbons (Fsp3) is 0.419. The van der Waals surface area contributed by atoms with E-state index in [1.807, 2.05) is 6.07 Å². The van der Waals surface area contributed by atoms with E-state index in [0.717, 1.165) is 24.2 Å². The molecule has 5 nitrogen and oxygen atoms in total. The lowest BCUT2D eigenvalue weighted by Crippen LogP contribution is -2.37. The van der Waals surface area contributed by atoms with Crippen molar-refractivity contribution in [3.63, 3.8) is 0 Å². The van der Waals surface area contributed by atoms with Gasteiger partial charge in [0.2, 0.25) is 0 Å². The molecule has 2 atom stereocenters. The highest BCUT2D eigenvalue weighted by molar-refractivity contribution is 6.04. The molecule has 1 fully saturated rings. The number of hydrogen-bond donors (Lipinski definition) is 3. The predicted molar refractivity (Wildman–Crippen MR) is 140 cm³/mol. The average molecular weight is 486 g/mol. The van der Waals surface area contributed by atoms with E-state index in [2.05, 4.69) is 38.2 Å². The summed E-state index contributed by atoms with van der Waals surface area (Å²) in [5.41, 5.74) is 7.86. The molecule has 188 valence electrons. The summed E-state index contributed by atoms with van der Waals surface area (Å²) in [6.45, 7) is 6.32. The monoisotopic (exact) mass is 485 g/mol. The van der Waals surface area contributed by atoms with Gasteiger partial charge in [-0.25, -0.2) is 4.79 Å². The highest BCUT2D eigenvalue weighted by Gasteiger charge is 2.42. The Morgan fingerprint density at radius 1 is 1.03 bits per heavy atom. The summed E-state index contributed by atoms with van der Waals surface area (Å²) in [5.74, 6) is -1.13. The van der Waals surface area contributed by atoms with Gasteiger partial charge in [-0.2, -0.15) is 0 Å². The number of carboxylic acid groups (broad SMARTS) is 1. The van der Waals surface area contributed by atoms with Gasteiger partial charge in [-0.3, -0.25) is 4.79 Å². The van der Waals surface area contributed by atoms with Gasteiger partial charge in [0.05, 0.1) is 5.57 Å². The van der Waals surface area contributed by atoms with Crippen molar-refractivity contribution in [3.8, 4) is 5.75 Å². The lowest BCUT2D eigenvalue weighted by atomic mass is 9.70. The van der Waals surface area contributed by atoms with Crippen LogP contribution < -0.4 is 5.32 Å². The maximum Gasteiger partial charge on any atom is 0.334 e. The van der Waals surface area contributed by atoms with E-state index in [1.54, 1.807) is 18.2 Å². The number of Topliss-reactive ketones (excluding diaryl/α,β-unsaturated/α-hetero) is 1. The predicted octanol–water partition coefficient (Wildman–Crippen LogP) is 6.32. The molecule has 0 aromatic heterocycles. The number of aromatic hydroxyl groups is 1. The summed E-state index contributed by atoms with van der Waals surface area (Å²) >= 11 is 0. The number of rotatable bonds is 5. The zero-order chi connectivity index (χ0) is 25.6. The summed E-state index contributed by atoms with van der Waals surface area (Å²) in [6.07, 6.45) is 6.25. The van der Waals surface area contributed by atoms with Gasteiger partial charge in [0.25, 0.3) is 0 Å². The Labute approximate surface area is 212 Å². The van der Waals surface area contributed by atoms with Crippen LogP contribution in [0.4, 0.5) is 0 Å². The van der Waals surface area contributed by atoms with Crippen molar-refractivity contribution in [2.24, 2.45) is 5.92 Å². The van der Waals surface area contributed by atoms with Crippen molar-refractivity contribution in [2.75, 3.05) is 0 Å². The minimum atomic E-state index is -1.00. The second-order valence-corrected chi connectivity index (χ2v) is 10.9. The maximum absolute atomic E-state index is 13.8. The quantitative estimate of drug-likeness (QED) is 0.461. The number of nitrogens with one attached hydrogen (secondary N) is 1. The van der Waals surface area contributed by atoms with E-state index in [4.69, 9.17) is 0 Å². The van der Waals surface area contributed by atoms with Crippen LogP contribution in [-0.2, 0) is 9.59 Å². The van der Waals surface area contributed by atoms with Gasteiger partial charge in [0.1, 0.15) is 5.75 Å². The number of dihydropyridines is 1. The van der Waals surface area contributed by atoms with E-state index in [1.165, 1.54) is 35.1 Å². The molecule has 1 aliphatic heterocycles. The molecule has 5 rings (SSSR count). The first kappa shape index (κ1) is 24.4. The number of carboxylic acids is 1. The van der Waals surface area contributed by atoms with Gasteiger partial charge in [-0.1, -0.05) is 55.5 Å². The Balaban J connectivity index is 1.62. The number of phenolic OH excluding ortho intramolecular Hbond substituents is 1. The van der Waals surface area contributed by atoms with Crippen LogP contribution >= 0.6 is 0 Å². The number of benzene rings is 2. The Kier molecular flexibility index (Phi) is 6.50. The number of ketones is 1. The van der Waals surface area contributed by atoms with Crippen LogP contribution in [0, 0.1) is 26.7 Å². The van der Waals surface area contributed by atoms with Crippen molar-refractivity contribution >= 4 is 11.8 Å². The standard InChI is InChI=1S/C31H35NO4/c1-17-11-18(2)27(19(3)12-17)22-15-25-29(26(34)16-22)28(21-9-6-10-23(33)14-21)30(31(35)36)24(32-25)13-20-7-4-5-8-20/h6,9-12,14,20,22,28,32-33H,4-5,7-8,13,15-16H2,1-3H3,(H,35,36). The summed E-state index contributed by atoms with van der Waals surface area (Å²) in [5, 5.41) is 24.1. The molecule has 0 radical (unpaired) electrons. The SMILES string of the molecule is Cc1cc(C)c(C2CC(=O)C3=C(C2)NC(CC2CCCC2)=C(C(=O)O)C3c2cccc(O)c2)c(C)c1. The topological polar surface area (TPSA) is 86.6 Å². The first-order valence-corrected chi connectivity index (χ1v) is 13.1. The molecule has 0 amide bonds.